The van der Waals surface area contributed by atoms with E-state index >= 15 is 0 Å². The molecule has 6 heteroatoms. The Bertz CT molecular complexity index is 471. The Balaban J connectivity index is 3.25. The van der Waals surface area contributed by atoms with Gasteiger partial charge in [-0.1, -0.05) is 0 Å². The van der Waals surface area contributed by atoms with Gasteiger partial charge in [0, 0.05) is 13.0 Å². The van der Waals surface area contributed by atoms with Gasteiger partial charge in [0.1, 0.15) is 0 Å². The lowest BCUT2D eigenvalue weighted by Crippen LogP contribution is -1.95. The maximum atomic E-state index is 10.5. The van der Waals surface area contributed by atoms with Crippen molar-refractivity contribution in [1.29, 1.82) is 0 Å². The van der Waals surface area contributed by atoms with Crippen molar-refractivity contribution >= 4 is 22.0 Å². The van der Waals surface area contributed by atoms with E-state index in [9.17, 15) is 10.1 Å². The molecule has 0 unspecified atom stereocenters. The number of nitro groups is 1. The van der Waals surface area contributed by atoms with Gasteiger partial charge in [-0.15, -0.1) is 0 Å². The van der Waals surface area contributed by atoms with Crippen LogP contribution in [0.25, 0.3) is 6.08 Å². The second-order valence-corrected chi connectivity index (χ2v) is 4.14. The first-order valence-corrected chi connectivity index (χ1v) is 5.53. The van der Waals surface area contributed by atoms with E-state index in [1.165, 1.54) is 27.2 Å². The van der Waals surface area contributed by atoms with Gasteiger partial charge in [0.25, 0.3) is 0 Å². The summed E-state index contributed by atoms with van der Waals surface area (Å²) in [5.41, 5.74) is 0.729. The molecule has 0 N–H and O–H groups in total. The highest BCUT2D eigenvalue weighted by atomic mass is 79.9. The van der Waals surface area contributed by atoms with Crippen LogP contribution >= 0.6 is 15.9 Å². The van der Waals surface area contributed by atoms with Crippen LogP contribution in [0.4, 0.5) is 0 Å². The Morgan fingerprint density at radius 2 is 2.06 bits per heavy atom. The molecule has 92 valence electrons. The molecule has 1 rings (SSSR count). The number of benzene rings is 1. The Morgan fingerprint density at radius 1 is 1.41 bits per heavy atom. The molecule has 0 aromatic heterocycles. The van der Waals surface area contributed by atoms with E-state index in [0.717, 1.165) is 0 Å². The lowest BCUT2D eigenvalue weighted by atomic mass is 10.1. The van der Waals surface area contributed by atoms with E-state index in [2.05, 4.69) is 15.9 Å². The lowest BCUT2D eigenvalue weighted by Gasteiger charge is -2.10. The van der Waals surface area contributed by atoms with Gasteiger partial charge in [-0.05, 0) is 33.6 Å². The van der Waals surface area contributed by atoms with Gasteiger partial charge >= 0.3 is 0 Å². The van der Waals surface area contributed by atoms with E-state index < -0.39 is 4.92 Å². The highest BCUT2D eigenvalue weighted by molar-refractivity contribution is 9.10. The quantitative estimate of drug-likeness (QED) is 0.633. The smallest absolute Gasteiger partial charge is 0.243 e. The molecule has 0 heterocycles. The number of allylic oxidation sites excluding steroid dienone is 1. The summed E-state index contributed by atoms with van der Waals surface area (Å²) in [5.74, 6) is 1.08. The Kier molecular flexibility index (Phi) is 4.51. The molecule has 1 aromatic carbocycles. The summed E-state index contributed by atoms with van der Waals surface area (Å²) >= 11 is 3.32. The number of nitrogens with zero attached hydrogens (tertiary/aromatic N) is 1. The Labute approximate surface area is 107 Å². The van der Waals surface area contributed by atoms with Gasteiger partial charge < -0.3 is 9.47 Å². The average molecular weight is 302 g/mol. The molecule has 1 aromatic rings. The van der Waals surface area contributed by atoms with Crippen molar-refractivity contribution in [2.75, 3.05) is 14.2 Å². The third-order valence-electron chi connectivity index (χ3n) is 2.12. The fraction of sp³-hybridized carbons (Fsp3) is 0.273. The SMILES string of the molecule is COc1cc(/C=C(\C)[N+](=O)[O-])cc(Br)c1OC. The Hall–Kier alpha value is -1.56. The normalized spacial score (nSPS) is 11.2. The van der Waals surface area contributed by atoms with Crippen molar-refractivity contribution in [3.63, 3.8) is 0 Å². The number of hydrogen-bond acceptors (Lipinski definition) is 4. The van der Waals surface area contributed by atoms with Crippen LogP contribution in [0.5, 0.6) is 11.5 Å². The van der Waals surface area contributed by atoms with E-state index in [1.807, 2.05) is 0 Å². The number of ether oxygens (including phenoxy) is 2. The van der Waals surface area contributed by atoms with E-state index in [4.69, 9.17) is 9.47 Å². The minimum atomic E-state index is -0.440. The molecule has 17 heavy (non-hydrogen) atoms. The summed E-state index contributed by atoms with van der Waals surface area (Å²) in [6.45, 7) is 1.44. The monoisotopic (exact) mass is 301 g/mol. The topological polar surface area (TPSA) is 61.6 Å². The summed E-state index contributed by atoms with van der Waals surface area (Å²) in [4.78, 5) is 10.1. The highest BCUT2D eigenvalue weighted by Crippen LogP contribution is 2.36. The summed E-state index contributed by atoms with van der Waals surface area (Å²) < 4.78 is 11.0. The first kappa shape index (κ1) is 13.5. The second-order valence-electron chi connectivity index (χ2n) is 3.28. The number of hydrogen-bond donors (Lipinski definition) is 0. The number of rotatable bonds is 4. The molecule has 0 aliphatic heterocycles. The first-order chi connectivity index (χ1) is 7.99. The van der Waals surface area contributed by atoms with Crippen LogP contribution in [0, 0.1) is 10.1 Å². The molecule has 0 atom stereocenters. The molecule has 0 bridgehead atoms. The summed E-state index contributed by atoms with van der Waals surface area (Å²) in [7, 11) is 3.04. The summed E-state index contributed by atoms with van der Waals surface area (Å²) in [6, 6.07) is 3.41. The molecule has 0 aliphatic rings. The zero-order chi connectivity index (χ0) is 13.0. The van der Waals surface area contributed by atoms with Crippen LogP contribution in [0.15, 0.2) is 22.3 Å². The molecule has 0 radical (unpaired) electrons. The molecule has 5 nitrogen and oxygen atoms in total. The number of halogens is 1. The maximum absolute atomic E-state index is 10.5. The van der Waals surface area contributed by atoms with E-state index in [-0.39, 0.29) is 5.70 Å². The van der Waals surface area contributed by atoms with Gasteiger partial charge in [0.05, 0.1) is 23.6 Å². The van der Waals surface area contributed by atoms with Crippen molar-refractivity contribution in [3.8, 4) is 11.5 Å². The van der Waals surface area contributed by atoms with Crippen LogP contribution in [0.3, 0.4) is 0 Å². The van der Waals surface area contributed by atoms with Crippen molar-refractivity contribution in [2.24, 2.45) is 0 Å². The molecule has 0 aliphatic carbocycles. The average Bonchev–Trinajstić information content (AvgIpc) is 2.27. The van der Waals surface area contributed by atoms with E-state index in [0.29, 0.717) is 21.5 Å². The fourth-order valence-electron chi connectivity index (χ4n) is 1.32. The zero-order valence-corrected chi connectivity index (χ0v) is 11.3. The third kappa shape index (κ3) is 3.20. The van der Waals surface area contributed by atoms with Crippen LogP contribution in [0.2, 0.25) is 0 Å². The lowest BCUT2D eigenvalue weighted by molar-refractivity contribution is -0.422. The van der Waals surface area contributed by atoms with Crippen molar-refractivity contribution < 1.29 is 14.4 Å². The summed E-state index contributed by atoms with van der Waals surface area (Å²) in [6.07, 6.45) is 1.46. The fourth-order valence-corrected chi connectivity index (χ4v) is 1.94. The number of methoxy groups -OCH3 is 2. The first-order valence-electron chi connectivity index (χ1n) is 4.73. The van der Waals surface area contributed by atoms with Gasteiger partial charge in [-0.25, -0.2) is 0 Å². The van der Waals surface area contributed by atoms with Crippen molar-refractivity contribution in [1.82, 2.24) is 0 Å². The molecular weight excluding hydrogens is 290 g/mol. The van der Waals surface area contributed by atoms with Crippen molar-refractivity contribution in [2.45, 2.75) is 6.92 Å². The zero-order valence-electron chi connectivity index (χ0n) is 9.69. The molecule has 0 spiro atoms. The Morgan fingerprint density at radius 3 is 2.53 bits per heavy atom. The predicted molar refractivity (Wildman–Crippen MR) is 67.9 cm³/mol. The summed E-state index contributed by atoms with van der Waals surface area (Å²) in [5, 5.41) is 10.5. The maximum Gasteiger partial charge on any atom is 0.243 e. The largest absolute Gasteiger partial charge is 0.493 e. The van der Waals surface area contributed by atoms with Gasteiger partial charge in [0.2, 0.25) is 5.70 Å². The molecule has 0 saturated carbocycles. The van der Waals surface area contributed by atoms with Crippen LogP contribution in [-0.4, -0.2) is 19.1 Å². The second kappa shape index (κ2) is 5.67. The van der Waals surface area contributed by atoms with Crippen LogP contribution in [-0.2, 0) is 0 Å². The van der Waals surface area contributed by atoms with E-state index in [1.54, 1.807) is 12.1 Å². The predicted octanol–water partition coefficient (Wildman–Crippen LogP) is 3.10. The highest BCUT2D eigenvalue weighted by Gasteiger charge is 2.11. The standard InChI is InChI=1S/C11H12BrNO4/c1-7(13(14)15)4-8-5-9(12)11(17-3)10(6-8)16-2/h4-6H,1-3H3/b7-4+. The molecule has 0 fully saturated rings. The van der Waals surface area contributed by atoms with Gasteiger partial charge in [-0.2, -0.15) is 0 Å². The minimum absolute atomic E-state index is 0.0594. The molecular formula is C11H12BrNO4. The molecule has 0 amide bonds. The third-order valence-corrected chi connectivity index (χ3v) is 2.71. The van der Waals surface area contributed by atoms with Crippen LogP contribution < -0.4 is 9.47 Å². The van der Waals surface area contributed by atoms with Crippen molar-refractivity contribution in [3.05, 3.63) is 38.0 Å². The minimum Gasteiger partial charge on any atom is -0.493 e. The van der Waals surface area contributed by atoms with Gasteiger partial charge in [0.15, 0.2) is 11.5 Å². The van der Waals surface area contributed by atoms with Crippen LogP contribution in [0.1, 0.15) is 12.5 Å². The van der Waals surface area contributed by atoms with Gasteiger partial charge in [-0.3, -0.25) is 10.1 Å². The molecule has 0 saturated heterocycles.